The SMILES string of the molecule is CCNC(=NCCCN1CCCC(C(N)=O)C1)N(C)Cc1cc(Cl)cn1C. The molecule has 7 nitrogen and oxygen atoms in total. The average molecular weight is 397 g/mol. The van der Waals surface area contributed by atoms with Crippen LogP contribution >= 0.6 is 11.6 Å². The van der Waals surface area contributed by atoms with Crippen molar-refractivity contribution >= 4 is 23.5 Å². The lowest BCUT2D eigenvalue weighted by Crippen LogP contribution is -2.41. The molecule has 1 unspecified atom stereocenters. The first kappa shape index (κ1) is 21.6. The minimum atomic E-state index is -0.172. The summed E-state index contributed by atoms with van der Waals surface area (Å²) in [7, 11) is 4.03. The Bertz CT molecular complexity index is 644. The Morgan fingerprint density at radius 3 is 2.93 bits per heavy atom. The van der Waals surface area contributed by atoms with Crippen molar-refractivity contribution < 1.29 is 4.79 Å². The van der Waals surface area contributed by atoms with Crippen LogP contribution in [0.1, 0.15) is 31.9 Å². The zero-order valence-corrected chi connectivity index (χ0v) is 17.5. The molecule has 1 atom stereocenters. The number of aliphatic imine (C=N–C) groups is 1. The van der Waals surface area contributed by atoms with Gasteiger partial charge in [-0.25, -0.2) is 0 Å². The van der Waals surface area contributed by atoms with Crippen LogP contribution in [0.15, 0.2) is 17.3 Å². The van der Waals surface area contributed by atoms with E-state index >= 15 is 0 Å². The zero-order chi connectivity index (χ0) is 19.8. The number of carbonyl (C=O) groups excluding carboxylic acids is 1. The standard InChI is InChI=1S/C19H33ClN6O/c1-4-22-19(25(3)14-17-11-16(20)13-24(17)2)23-8-6-10-26-9-5-7-15(12-26)18(21)27/h11,13,15H,4-10,12,14H2,1-3H3,(H2,21,27)(H,22,23). The number of nitrogens with zero attached hydrogens (tertiary/aromatic N) is 4. The molecule has 1 aliphatic heterocycles. The second-order valence-electron chi connectivity index (χ2n) is 7.25. The normalized spacial score (nSPS) is 18.5. The summed E-state index contributed by atoms with van der Waals surface area (Å²) in [6.45, 7) is 7.16. The summed E-state index contributed by atoms with van der Waals surface area (Å²) < 4.78 is 2.04. The highest BCUT2D eigenvalue weighted by atomic mass is 35.5. The molecule has 1 amide bonds. The van der Waals surface area contributed by atoms with Crippen molar-refractivity contribution in [1.29, 1.82) is 0 Å². The lowest BCUT2D eigenvalue weighted by Gasteiger charge is -2.30. The van der Waals surface area contributed by atoms with Crippen LogP contribution in [0.3, 0.4) is 0 Å². The lowest BCUT2D eigenvalue weighted by molar-refractivity contribution is -0.123. The van der Waals surface area contributed by atoms with Gasteiger partial charge in [0.15, 0.2) is 5.96 Å². The number of hydrogen-bond acceptors (Lipinski definition) is 3. The number of piperidine rings is 1. The van der Waals surface area contributed by atoms with Crippen LogP contribution in [0.5, 0.6) is 0 Å². The number of nitrogens with one attached hydrogen (secondary N) is 1. The first-order chi connectivity index (χ1) is 12.9. The fraction of sp³-hybridized carbons (Fsp3) is 0.684. The number of primary amides is 1. The molecule has 27 heavy (non-hydrogen) atoms. The maximum Gasteiger partial charge on any atom is 0.221 e. The van der Waals surface area contributed by atoms with Crippen molar-refractivity contribution in [2.45, 2.75) is 32.7 Å². The van der Waals surface area contributed by atoms with Crippen LogP contribution in [0, 0.1) is 5.92 Å². The van der Waals surface area contributed by atoms with Crippen LogP contribution in [-0.4, -0.2) is 66.0 Å². The number of amides is 1. The van der Waals surface area contributed by atoms with E-state index in [0.29, 0.717) is 0 Å². The molecule has 1 fully saturated rings. The Morgan fingerprint density at radius 2 is 2.30 bits per heavy atom. The van der Waals surface area contributed by atoms with E-state index in [1.807, 2.05) is 30.9 Å². The van der Waals surface area contributed by atoms with E-state index in [9.17, 15) is 4.79 Å². The number of aryl methyl sites for hydroxylation is 1. The Hall–Kier alpha value is -1.73. The average Bonchev–Trinajstić information content (AvgIpc) is 2.94. The number of guanidine groups is 1. The number of carbonyl (C=O) groups is 1. The molecule has 1 aromatic rings. The summed E-state index contributed by atoms with van der Waals surface area (Å²) in [5.74, 6) is 0.723. The molecule has 2 rings (SSSR count). The highest BCUT2D eigenvalue weighted by Gasteiger charge is 2.23. The van der Waals surface area contributed by atoms with Gasteiger partial charge in [-0.05, 0) is 45.3 Å². The molecule has 3 N–H and O–H groups in total. The van der Waals surface area contributed by atoms with Gasteiger partial charge >= 0.3 is 0 Å². The van der Waals surface area contributed by atoms with Gasteiger partial charge in [-0.2, -0.15) is 0 Å². The number of rotatable bonds is 8. The Morgan fingerprint density at radius 1 is 1.52 bits per heavy atom. The first-order valence-corrected chi connectivity index (χ1v) is 10.1. The molecular formula is C19H33ClN6O. The van der Waals surface area contributed by atoms with Gasteiger partial charge in [0.05, 0.1) is 17.5 Å². The van der Waals surface area contributed by atoms with Crippen molar-refractivity contribution in [2.75, 3.05) is 39.8 Å². The van der Waals surface area contributed by atoms with Crippen LogP contribution in [0.25, 0.3) is 0 Å². The third-order valence-corrected chi connectivity index (χ3v) is 5.18. The second-order valence-corrected chi connectivity index (χ2v) is 7.68. The lowest BCUT2D eigenvalue weighted by atomic mass is 9.97. The molecule has 0 saturated carbocycles. The summed E-state index contributed by atoms with van der Waals surface area (Å²) in [6, 6.07) is 1.98. The maximum atomic E-state index is 11.4. The molecule has 1 aromatic heterocycles. The van der Waals surface area contributed by atoms with E-state index in [-0.39, 0.29) is 11.8 Å². The van der Waals surface area contributed by atoms with E-state index in [4.69, 9.17) is 22.3 Å². The topological polar surface area (TPSA) is 78.9 Å². The molecule has 1 aliphatic rings. The van der Waals surface area contributed by atoms with E-state index < -0.39 is 0 Å². The third-order valence-electron chi connectivity index (χ3n) is 4.97. The quantitative estimate of drug-likeness (QED) is 0.398. The van der Waals surface area contributed by atoms with Gasteiger partial charge in [-0.1, -0.05) is 11.6 Å². The monoisotopic (exact) mass is 396 g/mol. The number of halogens is 1. The summed E-state index contributed by atoms with van der Waals surface area (Å²) >= 11 is 6.08. The zero-order valence-electron chi connectivity index (χ0n) is 16.7. The highest BCUT2D eigenvalue weighted by molar-refractivity contribution is 6.30. The predicted octanol–water partition coefficient (Wildman–Crippen LogP) is 1.66. The summed E-state index contributed by atoms with van der Waals surface area (Å²) in [5, 5.41) is 4.10. The molecule has 0 aliphatic carbocycles. The minimum absolute atomic E-state index is 0.00260. The number of nitrogens with two attached hydrogens (primary N) is 1. The Kier molecular flexibility index (Phi) is 8.44. The molecule has 8 heteroatoms. The number of hydrogen-bond donors (Lipinski definition) is 2. The van der Waals surface area contributed by atoms with Gasteiger partial charge in [-0.3, -0.25) is 9.79 Å². The summed E-state index contributed by atoms with van der Waals surface area (Å²) in [5.41, 5.74) is 6.59. The molecule has 2 heterocycles. The van der Waals surface area contributed by atoms with Crippen molar-refractivity contribution in [3.05, 3.63) is 23.0 Å². The molecule has 0 bridgehead atoms. The Balaban J connectivity index is 1.83. The summed E-state index contributed by atoms with van der Waals surface area (Å²) in [6.07, 6.45) is 4.83. The van der Waals surface area contributed by atoms with Crippen molar-refractivity contribution in [3.8, 4) is 0 Å². The molecule has 0 aromatic carbocycles. The Labute approximate surface area is 167 Å². The third kappa shape index (κ3) is 6.74. The van der Waals surface area contributed by atoms with Crippen molar-refractivity contribution in [3.63, 3.8) is 0 Å². The van der Waals surface area contributed by atoms with Crippen LogP contribution in [-0.2, 0) is 18.4 Å². The van der Waals surface area contributed by atoms with Crippen molar-refractivity contribution in [1.82, 2.24) is 19.7 Å². The van der Waals surface area contributed by atoms with E-state index in [1.165, 1.54) is 0 Å². The fourth-order valence-electron chi connectivity index (χ4n) is 3.48. The van der Waals surface area contributed by atoms with Crippen LogP contribution in [0.2, 0.25) is 5.02 Å². The minimum Gasteiger partial charge on any atom is -0.369 e. The molecule has 0 spiro atoms. The van der Waals surface area contributed by atoms with Gasteiger partial charge in [0.25, 0.3) is 0 Å². The van der Waals surface area contributed by atoms with Crippen LogP contribution in [0.4, 0.5) is 0 Å². The van der Waals surface area contributed by atoms with Gasteiger partial charge in [0, 0.05) is 45.6 Å². The van der Waals surface area contributed by atoms with Crippen LogP contribution < -0.4 is 11.1 Å². The second kappa shape index (κ2) is 10.6. The largest absolute Gasteiger partial charge is 0.369 e. The summed E-state index contributed by atoms with van der Waals surface area (Å²) in [4.78, 5) is 20.6. The highest BCUT2D eigenvalue weighted by Crippen LogP contribution is 2.16. The smallest absolute Gasteiger partial charge is 0.221 e. The molecule has 1 saturated heterocycles. The van der Waals surface area contributed by atoms with Gasteiger partial charge < -0.3 is 25.4 Å². The fourth-order valence-corrected chi connectivity index (χ4v) is 3.75. The van der Waals surface area contributed by atoms with E-state index in [0.717, 1.165) is 75.2 Å². The number of aromatic nitrogens is 1. The molecule has 152 valence electrons. The number of likely N-dealkylation sites (tertiary alicyclic amines) is 1. The van der Waals surface area contributed by atoms with Crippen molar-refractivity contribution in [2.24, 2.45) is 23.7 Å². The maximum absolute atomic E-state index is 11.4. The molecule has 0 radical (unpaired) electrons. The van der Waals surface area contributed by atoms with E-state index in [2.05, 4.69) is 22.0 Å². The van der Waals surface area contributed by atoms with Gasteiger partial charge in [0.1, 0.15) is 0 Å². The predicted molar refractivity (Wildman–Crippen MR) is 111 cm³/mol. The first-order valence-electron chi connectivity index (χ1n) is 9.72. The van der Waals surface area contributed by atoms with Gasteiger partial charge in [0.2, 0.25) is 5.91 Å². The van der Waals surface area contributed by atoms with Gasteiger partial charge in [-0.15, -0.1) is 0 Å². The molecular weight excluding hydrogens is 364 g/mol. The van der Waals surface area contributed by atoms with E-state index in [1.54, 1.807) is 0 Å².